The van der Waals surface area contributed by atoms with Crippen molar-refractivity contribution in [1.82, 2.24) is 9.55 Å². The van der Waals surface area contributed by atoms with Crippen LogP contribution in [0.4, 0.5) is 0 Å². The number of hydrogen-bond donors (Lipinski definition) is 0. The Morgan fingerprint density at radius 3 is 2.67 bits per heavy atom. The fraction of sp³-hybridized carbons (Fsp3) is 0.143. The smallest absolute Gasteiger partial charge is 0.268 e. The van der Waals surface area contributed by atoms with Crippen LogP contribution in [0.5, 0.6) is 0 Å². The quantitative estimate of drug-likeness (QED) is 0.480. The summed E-state index contributed by atoms with van der Waals surface area (Å²) in [6.45, 7) is 5.65. The van der Waals surface area contributed by atoms with Gasteiger partial charge in [0.2, 0.25) is 0 Å². The van der Waals surface area contributed by atoms with Crippen LogP contribution in [-0.4, -0.2) is 15.3 Å². The van der Waals surface area contributed by atoms with Gasteiger partial charge in [-0.2, -0.15) is 4.98 Å². The molecule has 1 aromatic carbocycles. The van der Waals surface area contributed by atoms with E-state index in [0.717, 1.165) is 22.0 Å². The minimum Gasteiger partial charge on any atom is -0.268 e. The van der Waals surface area contributed by atoms with Crippen LogP contribution >= 0.6 is 11.8 Å². The van der Waals surface area contributed by atoms with Crippen LogP contribution in [0.25, 0.3) is 5.69 Å². The standard InChI is InChI=1S/C14H14N2OS/c1-3-10-18-13-8-9-16(14(17)15-13)12-6-4-11(2)5-7-12/h3-9H,1,10H2,2H3. The molecule has 2 rings (SSSR count). The Balaban J connectivity index is 2.32. The molecule has 18 heavy (non-hydrogen) atoms. The predicted octanol–water partition coefficient (Wildman–Crippen LogP) is 2.82. The molecule has 0 bridgehead atoms. The van der Waals surface area contributed by atoms with Crippen molar-refractivity contribution in [3.8, 4) is 5.69 Å². The van der Waals surface area contributed by atoms with Gasteiger partial charge in [0.25, 0.3) is 0 Å². The average Bonchev–Trinajstić information content (AvgIpc) is 2.38. The minimum atomic E-state index is -0.257. The number of nitrogens with zero attached hydrogens (tertiary/aromatic N) is 2. The van der Waals surface area contributed by atoms with Crippen LogP contribution in [0.2, 0.25) is 0 Å². The van der Waals surface area contributed by atoms with Gasteiger partial charge in [0, 0.05) is 11.9 Å². The van der Waals surface area contributed by atoms with Gasteiger partial charge < -0.3 is 0 Å². The molecule has 1 aromatic heterocycles. The average molecular weight is 258 g/mol. The van der Waals surface area contributed by atoms with Gasteiger partial charge in [-0.1, -0.05) is 23.8 Å². The first kappa shape index (κ1) is 12.6. The zero-order chi connectivity index (χ0) is 13.0. The van der Waals surface area contributed by atoms with Crippen molar-refractivity contribution >= 4 is 11.8 Å². The number of aromatic nitrogens is 2. The van der Waals surface area contributed by atoms with Crippen molar-refractivity contribution in [1.29, 1.82) is 0 Å². The third-order valence-corrected chi connectivity index (χ3v) is 3.36. The number of aryl methyl sites for hydroxylation is 1. The zero-order valence-electron chi connectivity index (χ0n) is 10.2. The molecule has 0 aliphatic rings. The molecule has 0 spiro atoms. The van der Waals surface area contributed by atoms with Crippen LogP contribution in [0.1, 0.15) is 5.56 Å². The molecule has 0 atom stereocenters. The van der Waals surface area contributed by atoms with E-state index < -0.39 is 0 Å². The highest BCUT2D eigenvalue weighted by atomic mass is 32.2. The summed E-state index contributed by atoms with van der Waals surface area (Å²) in [6, 6.07) is 9.61. The van der Waals surface area contributed by atoms with E-state index in [-0.39, 0.29) is 5.69 Å². The highest BCUT2D eigenvalue weighted by molar-refractivity contribution is 7.99. The summed E-state index contributed by atoms with van der Waals surface area (Å²) in [7, 11) is 0. The molecule has 0 saturated carbocycles. The maximum Gasteiger partial charge on any atom is 0.353 e. The first-order valence-corrected chi connectivity index (χ1v) is 6.60. The summed E-state index contributed by atoms with van der Waals surface area (Å²) >= 11 is 1.50. The van der Waals surface area contributed by atoms with Crippen molar-refractivity contribution in [3.63, 3.8) is 0 Å². The lowest BCUT2D eigenvalue weighted by molar-refractivity contribution is 0.866. The summed E-state index contributed by atoms with van der Waals surface area (Å²) in [5.41, 5.74) is 1.74. The van der Waals surface area contributed by atoms with Crippen molar-refractivity contribution in [3.05, 3.63) is 65.2 Å². The molecular formula is C14H14N2OS. The van der Waals surface area contributed by atoms with Crippen LogP contribution < -0.4 is 5.69 Å². The molecule has 0 amide bonds. The first-order chi connectivity index (χ1) is 8.70. The van der Waals surface area contributed by atoms with E-state index in [4.69, 9.17) is 0 Å². The van der Waals surface area contributed by atoms with Gasteiger partial charge >= 0.3 is 5.69 Å². The molecule has 0 fully saturated rings. The summed E-state index contributed by atoms with van der Waals surface area (Å²) < 4.78 is 1.54. The molecule has 0 unspecified atom stereocenters. The molecule has 3 nitrogen and oxygen atoms in total. The number of thioether (sulfide) groups is 1. The first-order valence-electron chi connectivity index (χ1n) is 5.61. The molecule has 0 saturated heterocycles. The SMILES string of the molecule is C=CCSc1ccn(-c2ccc(C)cc2)c(=O)n1. The lowest BCUT2D eigenvalue weighted by Gasteiger charge is -2.06. The topological polar surface area (TPSA) is 34.9 Å². The Labute approximate surface area is 110 Å². The van der Waals surface area contributed by atoms with E-state index >= 15 is 0 Å². The van der Waals surface area contributed by atoms with Crippen molar-refractivity contribution in [2.45, 2.75) is 11.9 Å². The second-order valence-electron chi connectivity index (χ2n) is 3.85. The minimum absolute atomic E-state index is 0.257. The fourth-order valence-corrected chi connectivity index (χ4v) is 2.10. The van der Waals surface area contributed by atoms with Crippen LogP contribution in [-0.2, 0) is 0 Å². The highest BCUT2D eigenvalue weighted by Crippen LogP contribution is 2.13. The van der Waals surface area contributed by atoms with E-state index in [9.17, 15) is 4.79 Å². The van der Waals surface area contributed by atoms with Crippen LogP contribution in [0.15, 0.2) is 59.0 Å². The second kappa shape index (κ2) is 5.69. The summed E-state index contributed by atoms with van der Waals surface area (Å²) in [6.07, 6.45) is 3.54. The third-order valence-electron chi connectivity index (χ3n) is 2.44. The maximum absolute atomic E-state index is 11.9. The lowest BCUT2D eigenvalue weighted by Crippen LogP contribution is -2.20. The zero-order valence-corrected chi connectivity index (χ0v) is 11.0. The Morgan fingerprint density at radius 1 is 1.33 bits per heavy atom. The van der Waals surface area contributed by atoms with E-state index in [2.05, 4.69) is 11.6 Å². The lowest BCUT2D eigenvalue weighted by atomic mass is 10.2. The number of benzene rings is 1. The van der Waals surface area contributed by atoms with Gasteiger partial charge in [-0.15, -0.1) is 18.3 Å². The van der Waals surface area contributed by atoms with Crippen LogP contribution in [0, 0.1) is 6.92 Å². The monoisotopic (exact) mass is 258 g/mol. The molecular weight excluding hydrogens is 244 g/mol. The van der Waals surface area contributed by atoms with Gasteiger partial charge in [0.1, 0.15) is 5.03 Å². The Kier molecular flexibility index (Phi) is 3.99. The number of rotatable bonds is 4. The van der Waals surface area contributed by atoms with Gasteiger partial charge in [0.05, 0.1) is 5.69 Å². The summed E-state index contributed by atoms with van der Waals surface area (Å²) in [5, 5.41) is 0.725. The second-order valence-corrected chi connectivity index (χ2v) is 4.89. The van der Waals surface area contributed by atoms with E-state index in [0.29, 0.717) is 0 Å². The van der Waals surface area contributed by atoms with E-state index in [1.54, 1.807) is 12.3 Å². The molecule has 2 aromatic rings. The predicted molar refractivity (Wildman–Crippen MR) is 75.5 cm³/mol. The van der Waals surface area contributed by atoms with Crippen LogP contribution in [0.3, 0.4) is 0 Å². The van der Waals surface area contributed by atoms with Gasteiger partial charge in [-0.05, 0) is 25.1 Å². The summed E-state index contributed by atoms with van der Waals surface area (Å²) in [5.74, 6) is 0.751. The molecule has 0 N–H and O–H groups in total. The van der Waals surface area contributed by atoms with E-state index in [1.807, 2.05) is 37.3 Å². The molecule has 0 aliphatic heterocycles. The Morgan fingerprint density at radius 2 is 2.06 bits per heavy atom. The largest absolute Gasteiger partial charge is 0.353 e. The molecule has 4 heteroatoms. The molecule has 92 valence electrons. The van der Waals surface area contributed by atoms with Gasteiger partial charge in [-0.3, -0.25) is 4.57 Å². The van der Waals surface area contributed by atoms with Crippen molar-refractivity contribution in [2.24, 2.45) is 0 Å². The molecule has 0 radical (unpaired) electrons. The van der Waals surface area contributed by atoms with Crippen molar-refractivity contribution < 1.29 is 0 Å². The van der Waals surface area contributed by atoms with Gasteiger partial charge in [-0.25, -0.2) is 4.79 Å². The molecule has 1 heterocycles. The number of hydrogen-bond acceptors (Lipinski definition) is 3. The summed E-state index contributed by atoms with van der Waals surface area (Å²) in [4.78, 5) is 15.9. The molecule has 0 aliphatic carbocycles. The Hall–Kier alpha value is -1.81. The fourth-order valence-electron chi connectivity index (χ4n) is 1.51. The third kappa shape index (κ3) is 2.90. The van der Waals surface area contributed by atoms with Crippen molar-refractivity contribution in [2.75, 3.05) is 5.75 Å². The van der Waals surface area contributed by atoms with E-state index in [1.165, 1.54) is 16.3 Å². The normalized spacial score (nSPS) is 10.3. The highest BCUT2D eigenvalue weighted by Gasteiger charge is 2.02. The maximum atomic E-state index is 11.9. The van der Waals surface area contributed by atoms with Gasteiger partial charge in [0.15, 0.2) is 0 Å². The Bertz CT molecular complexity index is 602.